The zero-order chi connectivity index (χ0) is 13.8. The predicted octanol–water partition coefficient (Wildman–Crippen LogP) is 3.83. The second-order valence-electron chi connectivity index (χ2n) is 3.96. The number of methoxy groups -OCH3 is 1. The SMILES string of the molecule is CCCCc1ccc(C(F)(F)F)cc1C(=O)OC. The number of hydrogen-bond acceptors (Lipinski definition) is 2. The van der Waals surface area contributed by atoms with Crippen LogP contribution in [0.1, 0.15) is 41.3 Å². The van der Waals surface area contributed by atoms with Gasteiger partial charge in [-0.15, -0.1) is 0 Å². The molecule has 0 spiro atoms. The van der Waals surface area contributed by atoms with Crippen LogP contribution in [-0.4, -0.2) is 13.1 Å². The zero-order valence-electron chi connectivity index (χ0n) is 10.3. The Labute approximate surface area is 104 Å². The third-order valence-electron chi connectivity index (χ3n) is 2.64. The number of alkyl halides is 3. The lowest BCUT2D eigenvalue weighted by atomic mass is 9.99. The summed E-state index contributed by atoms with van der Waals surface area (Å²) >= 11 is 0. The van der Waals surface area contributed by atoms with Gasteiger partial charge in [0.25, 0.3) is 0 Å². The van der Waals surface area contributed by atoms with Crippen LogP contribution in [0.15, 0.2) is 18.2 Å². The van der Waals surface area contributed by atoms with E-state index in [-0.39, 0.29) is 5.56 Å². The smallest absolute Gasteiger partial charge is 0.416 e. The lowest BCUT2D eigenvalue weighted by molar-refractivity contribution is -0.137. The summed E-state index contributed by atoms with van der Waals surface area (Å²) in [6, 6.07) is 3.21. The first-order chi connectivity index (χ1) is 8.40. The number of carbonyl (C=O) groups excluding carboxylic acids is 1. The molecule has 0 atom stereocenters. The molecule has 1 aromatic carbocycles. The van der Waals surface area contributed by atoms with Crippen LogP contribution in [0.3, 0.4) is 0 Å². The molecule has 2 nitrogen and oxygen atoms in total. The van der Waals surface area contributed by atoms with Crippen molar-refractivity contribution in [3.05, 3.63) is 34.9 Å². The lowest BCUT2D eigenvalue weighted by Gasteiger charge is -2.12. The number of unbranched alkanes of at least 4 members (excludes halogenated alkanes) is 1. The average Bonchev–Trinajstić information content (AvgIpc) is 2.34. The van der Waals surface area contributed by atoms with Crippen LogP contribution in [0.5, 0.6) is 0 Å². The van der Waals surface area contributed by atoms with Crippen LogP contribution < -0.4 is 0 Å². The monoisotopic (exact) mass is 260 g/mol. The van der Waals surface area contributed by atoms with Crippen molar-refractivity contribution in [2.75, 3.05) is 7.11 Å². The van der Waals surface area contributed by atoms with E-state index in [0.717, 1.165) is 32.1 Å². The molecule has 0 saturated carbocycles. The molecule has 0 fully saturated rings. The van der Waals surface area contributed by atoms with Crippen LogP contribution in [0, 0.1) is 0 Å². The van der Waals surface area contributed by atoms with Crippen LogP contribution in [-0.2, 0) is 17.3 Å². The van der Waals surface area contributed by atoms with Gasteiger partial charge in [0.1, 0.15) is 0 Å². The summed E-state index contributed by atoms with van der Waals surface area (Å²) in [6.45, 7) is 1.97. The minimum atomic E-state index is -4.45. The van der Waals surface area contributed by atoms with Crippen molar-refractivity contribution in [1.29, 1.82) is 0 Å². The van der Waals surface area contributed by atoms with Crippen molar-refractivity contribution >= 4 is 5.97 Å². The first-order valence-electron chi connectivity index (χ1n) is 5.68. The Morgan fingerprint density at radius 2 is 2.00 bits per heavy atom. The van der Waals surface area contributed by atoms with Gasteiger partial charge in [0.15, 0.2) is 0 Å². The number of esters is 1. The van der Waals surface area contributed by atoms with Gasteiger partial charge < -0.3 is 4.74 Å². The molecule has 0 N–H and O–H groups in total. The molecule has 0 bridgehead atoms. The van der Waals surface area contributed by atoms with E-state index in [4.69, 9.17) is 0 Å². The quantitative estimate of drug-likeness (QED) is 0.769. The van der Waals surface area contributed by atoms with Crippen molar-refractivity contribution in [3.8, 4) is 0 Å². The molecule has 0 aromatic heterocycles. The maximum absolute atomic E-state index is 12.6. The molecule has 0 aliphatic rings. The van der Waals surface area contributed by atoms with E-state index in [9.17, 15) is 18.0 Å². The second kappa shape index (κ2) is 5.89. The minimum absolute atomic E-state index is 0.000718. The van der Waals surface area contributed by atoms with E-state index in [0.29, 0.717) is 12.0 Å². The van der Waals surface area contributed by atoms with E-state index >= 15 is 0 Å². The molecule has 0 unspecified atom stereocenters. The summed E-state index contributed by atoms with van der Waals surface area (Å²) in [5.74, 6) is -0.729. The molecule has 0 amide bonds. The first-order valence-corrected chi connectivity index (χ1v) is 5.68. The van der Waals surface area contributed by atoms with Crippen molar-refractivity contribution in [2.45, 2.75) is 32.4 Å². The summed E-state index contributed by atoms with van der Waals surface area (Å²) in [7, 11) is 1.16. The summed E-state index contributed by atoms with van der Waals surface area (Å²) < 4.78 is 42.2. The Balaban J connectivity index is 3.16. The molecule has 0 heterocycles. The number of ether oxygens (including phenoxy) is 1. The fraction of sp³-hybridized carbons (Fsp3) is 0.462. The van der Waals surface area contributed by atoms with Gasteiger partial charge in [-0.1, -0.05) is 19.4 Å². The van der Waals surface area contributed by atoms with Gasteiger partial charge >= 0.3 is 12.1 Å². The number of halogens is 3. The molecule has 5 heteroatoms. The van der Waals surface area contributed by atoms with E-state index in [1.165, 1.54) is 6.07 Å². The summed E-state index contributed by atoms with van der Waals surface area (Å²) in [6.07, 6.45) is -2.16. The van der Waals surface area contributed by atoms with Gasteiger partial charge in [-0.2, -0.15) is 13.2 Å². The van der Waals surface area contributed by atoms with Crippen LogP contribution in [0.4, 0.5) is 13.2 Å². The molecule has 0 aliphatic heterocycles. The number of aryl methyl sites for hydroxylation is 1. The highest BCUT2D eigenvalue weighted by atomic mass is 19.4. The van der Waals surface area contributed by atoms with Gasteiger partial charge in [0.2, 0.25) is 0 Å². The van der Waals surface area contributed by atoms with Crippen molar-refractivity contribution in [2.24, 2.45) is 0 Å². The highest BCUT2D eigenvalue weighted by Gasteiger charge is 2.31. The van der Waals surface area contributed by atoms with E-state index < -0.39 is 17.7 Å². The number of benzene rings is 1. The molecule has 1 aromatic rings. The van der Waals surface area contributed by atoms with Crippen molar-refractivity contribution in [1.82, 2.24) is 0 Å². The van der Waals surface area contributed by atoms with Crippen LogP contribution in [0.2, 0.25) is 0 Å². The molecule has 18 heavy (non-hydrogen) atoms. The van der Waals surface area contributed by atoms with E-state index in [1.54, 1.807) is 0 Å². The van der Waals surface area contributed by atoms with E-state index in [2.05, 4.69) is 4.74 Å². The predicted molar refractivity (Wildman–Crippen MR) is 61.4 cm³/mol. The zero-order valence-corrected chi connectivity index (χ0v) is 10.3. The Kier molecular flexibility index (Phi) is 4.76. The fourth-order valence-corrected chi connectivity index (χ4v) is 1.64. The third kappa shape index (κ3) is 3.48. The first kappa shape index (κ1) is 14.5. The highest BCUT2D eigenvalue weighted by Crippen LogP contribution is 2.31. The Bertz CT molecular complexity index is 425. The molecular weight excluding hydrogens is 245 g/mol. The number of hydrogen-bond donors (Lipinski definition) is 0. The topological polar surface area (TPSA) is 26.3 Å². The normalized spacial score (nSPS) is 11.4. The van der Waals surface area contributed by atoms with Gasteiger partial charge in [0.05, 0.1) is 18.2 Å². The summed E-state index contributed by atoms with van der Waals surface area (Å²) in [5.41, 5.74) is -0.236. The molecule has 0 aliphatic carbocycles. The van der Waals surface area contributed by atoms with Gasteiger partial charge in [-0.3, -0.25) is 0 Å². The standard InChI is InChI=1S/C13H15F3O2/c1-3-4-5-9-6-7-10(13(14,15)16)8-11(9)12(17)18-2/h6-8H,3-5H2,1-2H3. The van der Waals surface area contributed by atoms with Crippen LogP contribution in [0.25, 0.3) is 0 Å². The van der Waals surface area contributed by atoms with Crippen molar-refractivity contribution < 1.29 is 22.7 Å². The van der Waals surface area contributed by atoms with Gasteiger partial charge in [-0.05, 0) is 30.5 Å². The Hall–Kier alpha value is -1.52. The molecule has 0 saturated heterocycles. The van der Waals surface area contributed by atoms with Crippen molar-refractivity contribution in [3.63, 3.8) is 0 Å². The summed E-state index contributed by atoms with van der Waals surface area (Å²) in [4.78, 5) is 11.5. The van der Waals surface area contributed by atoms with E-state index in [1.807, 2.05) is 6.92 Å². The number of rotatable bonds is 4. The van der Waals surface area contributed by atoms with Gasteiger partial charge in [-0.25, -0.2) is 4.79 Å². The minimum Gasteiger partial charge on any atom is -0.465 e. The number of carbonyl (C=O) groups is 1. The molecule has 0 radical (unpaired) electrons. The molecule has 100 valence electrons. The molecular formula is C13H15F3O2. The largest absolute Gasteiger partial charge is 0.465 e. The maximum atomic E-state index is 12.6. The lowest BCUT2D eigenvalue weighted by Crippen LogP contribution is -2.11. The summed E-state index contributed by atoms with van der Waals surface area (Å²) in [5, 5.41) is 0. The van der Waals surface area contributed by atoms with Crippen LogP contribution >= 0.6 is 0 Å². The second-order valence-corrected chi connectivity index (χ2v) is 3.96. The fourth-order valence-electron chi connectivity index (χ4n) is 1.64. The Morgan fingerprint density at radius 3 is 2.50 bits per heavy atom. The third-order valence-corrected chi connectivity index (χ3v) is 2.64. The highest BCUT2D eigenvalue weighted by molar-refractivity contribution is 5.91. The molecule has 1 rings (SSSR count). The average molecular weight is 260 g/mol. The Morgan fingerprint density at radius 1 is 1.33 bits per heavy atom. The van der Waals surface area contributed by atoms with Gasteiger partial charge in [0, 0.05) is 0 Å². The maximum Gasteiger partial charge on any atom is 0.416 e.